The fraction of sp³-hybridized carbons (Fsp3) is 0.143. The number of nitrogens with one attached hydrogen (secondary N) is 3. The molecule has 1 amide bonds. The Morgan fingerprint density at radius 2 is 1.81 bits per heavy atom. The molecule has 5 rings (SSSR count). The molecule has 0 fully saturated rings. The molecule has 1 aliphatic rings. The van der Waals surface area contributed by atoms with Crippen LogP contribution in [0.5, 0.6) is 0 Å². The van der Waals surface area contributed by atoms with Crippen LogP contribution in [-0.4, -0.2) is 35.7 Å². The van der Waals surface area contributed by atoms with Crippen LogP contribution in [0.1, 0.15) is 34.5 Å². The zero-order chi connectivity index (χ0) is 25.2. The fourth-order valence-electron chi connectivity index (χ4n) is 4.15. The summed E-state index contributed by atoms with van der Waals surface area (Å²) in [6.07, 6.45) is 1.72. The lowest BCUT2D eigenvalue weighted by Crippen LogP contribution is -2.17. The van der Waals surface area contributed by atoms with Gasteiger partial charge in [0.1, 0.15) is 5.82 Å². The minimum absolute atomic E-state index is 0. The molecule has 0 bridgehead atoms. The maximum Gasteiger partial charge on any atom is 0.251 e. The summed E-state index contributed by atoms with van der Waals surface area (Å²) in [5.41, 5.74) is 5.72. The molecule has 1 aromatic heterocycles. The number of aliphatic imine (C=N–C) groups is 1. The number of amides is 1. The van der Waals surface area contributed by atoms with Crippen molar-refractivity contribution in [3.05, 3.63) is 100.0 Å². The Hall–Kier alpha value is -4.30. The lowest BCUT2D eigenvalue weighted by Gasteiger charge is -2.15. The Bertz CT molecular complexity index is 1500. The number of fused-ring (bicyclic) bond motifs is 3. The predicted molar refractivity (Wildman–Crippen MR) is 148 cm³/mol. The average Bonchev–Trinajstić information content (AvgIpc) is 3.04. The summed E-state index contributed by atoms with van der Waals surface area (Å²) < 4.78 is 15.1. The van der Waals surface area contributed by atoms with Gasteiger partial charge < -0.3 is 16.0 Å². The summed E-state index contributed by atoms with van der Waals surface area (Å²) in [5, 5.41) is 9.35. The van der Waals surface area contributed by atoms with Crippen molar-refractivity contribution in [2.45, 2.75) is 14.0 Å². The molecular formula is C28H26ClFN6O. The molecule has 0 radical (unpaired) electrons. The van der Waals surface area contributed by atoms with Crippen molar-refractivity contribution in [3.8, 4) is 11.3 Å². The van der Waals surface area contributed by atoms with E-state index in [0.29, 0.717) is 44.8 Å². The van der Waals surface area contributed by atoms with Crippen LogP contribution in [0.2, 0.25) is 5.02 Å². The number of anilines is 3. The number of hydrogen-bond acceptors (Lipinski definition) is 6. The van der Waals surface area contributed by atoms with Crippen molar-refractivity contribution in [1.82, 2.24) is 15.3 Å². The number of aromatic nitrogens is 2. The summed E-state index contributed by atoms with van der Waals surface area (Å²) in [4.78, 5) is 25.8. The Labute approximate surface area is 219 Å². The van der Waals surface area contributed by atoms with E-state index in [4.69, 9.17) is 21.6 Å². The average molecular weight is 517 g/mol. The molecule has 4 aromatic rings. The molecular weight excluding hydrogens is 491 g/mol. The molecule has 1 aliphatic heterocycles. The van der Waals surface area contributed by atoms with Crippen LogP contribution in [0.25, 0.3) is 11.3 Å². The Kier molecular flexibility index (Phi) is 7.50. The van der Waals surface area contributed by atoms with E-state index in [1.54, 1.807) is 68.8 Å². The van der Waals surface area contributed by atoms with E-state index in [2.05, 4.69) is 20.9 Å². The Morgan fingerprint density at radius 3 is 2.54 bits per heavy atom. The van der Waals surface area contributed by atoms with Gasteiger partial charge in [-0.25, -0.2) is 14.4 Å². The van der Waals surface area contributed by atoms with Crippen LogP contribution in [0.15, 0.2) is 71.9 Å². The normalized spacial score (nSPS) is 11.7. The lowest BCUT2D eigenvalue weighted by atomic mass is 9.94. The highest BCUT2D eigenvalue weighted by molar-refractivity contribution is 6.31. The van der Waals surface area contributed by atoms with Gasteiger partial charge in [0, 0.05) is 58.9 Å². The molecule has 3 N–H and O–H groups in total. The quantitative estimate of drug-likeness (QED) is 0.299. The zero-order valence-electron chi connectivity index (χ0n) is 19.6. The van der Waals surface area contributed by atoms with Crippen LogP contribution < -0.4 is 16.0 Å². The largest absolute Gasteiger partial charge is 0.387 e. The number of carbonyl (C=O) groups excluding carboxylic acids is 1. The molecule has 0 aliphatic carbocycles. The van der Waals surface area contributed by atoms with Gasteiger partial charge in [0.05, 0.1) is 23.5 Å². The number of benzene rings is 3. The number of rotatable bonds is 5. The van der Waals surface area contributed by atoms with Crippen LogP contribution in [0.4, 0.5) is 21.7 Å². The minimum Gasteiger partial charge on any atom is -0.387 e. The fourth-order valence-corrected chi connectivity index (χ4v) is 4.32. The SMILES string of the molecule is C.CNC(=O)c1ccc(Nc2ncc3c(n2)-c2ccc(Cl)cc2C(c2c(F)cccc2NC)=NC3)cc1. The van der Waals surface area contributed by atoms with Crippen molar-refractivity contribution in [2.24, 2.45) is 4.99 Å². The van der Waals surface area contributed by atoms with Crippen LogP contribution in [-0.2, 0) is 6.54 Å². The number of halogens is 2. The van der Waals surface area contributed by atoms with E-state index in [0.717, 1.165) is 16.8 Å². The molecule has 3 aromatic carbocycles. The first kappa shape index (κ1) is 25.8. The number of nitrogens with zero attached hydrogens (tertiary/aromatic N) is 3. The first-order valence-corrected chi connectivity index (χ1v) is 11.6. The van der Waals surface area contributed by atoms with E-state index >= 15 is 4.39 Å². The highest BCUT2D eigenvalue weighted by atomic mass is 35.5. The first-order chi connectivity index (χ1) is 17.5. The zero-order valence-corrected chi connectivity index (χ0v) is 20.3. The van der Waals surface area contributed by atoms with Crippen molar-refractivity contribution < 1.29 is 9.18 Å². The van der Waals surface area contributed by atoms with Crippen molar-refractivity contribution in [3.63, 3.8) is 0 Å². The van der Waals surface area contributed by atoms with Crippen molar-refractivity contribution in [2.75, 3.05) is 24.7 Å². The third-order valence-corrected chi connectivity index (χ3v) is 6.15. The third-order valence-electron chi connectivity index (χ3n) is 5.91. The van der Waals surface area contributed by atoms with Gasteiger partial charge in [0.2, 0.25) is 5.95 Å². The van der Waals surface area contributed by atoms with E-state index in [9.17, 15) is 4.79 Å². The second kappa shape index (κ2) is 10.8. The predicted octanol–water partition coefficient (Wildman–Crippen LogP) is 6.07. The van der Waals surface area contributed by atoms with E-state index in [1.807, 2.05) is 6.07 Å². The maximum atomic E-state index is 15.1. The smallest absolute Gasteiger partial charge is 0.251 e. The summed E-state index contributed by atoms with van der Waals surface area (Å²) >= 11 is 6.37. The topological polar surface area (TPSA) is 91.3 Å². The molecule has 0 atom stereocenters. The maximum absolute atomic E-state index is 15.1. The van der Waals surface area contributed by atoms with Gasteiger partial charge in [-0.2, -0.15) is 0 Å². The number of hydrogen-bond donors (Lipinski definition) is 3. The van der Waals surface area contributed by atoms with Crippen LogP contribution >= 0.6 is 11.6 Å². The van der Waals surface area contributed by atoms with Gasteiger partial charge in [0.15, 0.2) is 0 Å². The minimum atomic E-state index is -0.383. The Morgan fingerprint density at radius 1 is 1.03 bits per heavy atom. The van der Waals surface area contributed by atoms with E-state index in [1.165, 1.54) is 6.07 Å². The standard InChI is InChI=1S/C27H22ClFN6O.CH4/c1-30-22-5-3-4-21(29)23(22)25-20-12-17(28)8-11-19(20)24-16(13-32-25)14-33-27(35-24)34-18-9-6-15(7-10-18)26(36)31-2;/h3-12,14,30H,13H2,1-2H3,(H,31,36)(H,33,34,35);1H4. The van der Waals surface area contributed by atoms with Gasteiger partial charge in [-0.05, 0) is 48.5 Å². The van der Waals surface area contributed by atoms with Gasteiger partial charge in [-0.1, -0.05) is 31.2 Å². The summed E-state index contributed by atoms with van der Waals surface area (Å²) in [7, 11) is 3.33. The number of carbonyl (C=O) groups is 1. The second-order valence-corrected chi connectivity index (χ2v) is 8.55. The van der Waals surface area contributed by atoms with E-state index < -0.39 is 0 Å². The van der Waals surface area contributed by atoms with Crippen LogP contribution in [0, 0.1) is 5.82 Å². The Balaban J connectivity index is 0.00000320. The monoisotopic (exact) mass is 516 g/mol. The molecule has 2 heterocycles. The van der Waals surface area contributed by atoms with Gasteiger partial charge in [-0.3, -0.25) is 9.79 Å². The molecule has 0 saturated heterocycles. The third kappa shape index (κ3) is 5.01. The summed E-state index contributed by atoms with van der Waals surface area (Å²) in [5.74, 6) is -0.163. The highest BCUT2D eigenvalue weighted by Gasteiger charge is 2.25. The summed E-state index contributed by atoms with van der Waals surface area (Å²) in [6, 6.07) is 17.3. The van der Waals surface area contributed by atoms with Crippen LogP contribution in [0.3, 0.4) is 0 Å². The van der Waals surface area contributed by atoms with Gasteiger partial charge >= 0.3 is 0 Å². The molecule has 188 valence electrons. The van der Waals surface area contributed by atoms with Crippen molar-refractivity contribution >= 4 is 40.5 Å². The summed E-state index contributed by atoms with van der Waals surface area (Å²) in [6.45, 7) is 0.273. The molecule has 0 unspecified atom stereocenters. The van der Waals surface area contributed by atoms with Crippen molar-refractivity contribution in [1.29, 1.82) is 0 Å². The first-order valence-electron chi connectivity index (χ1n) is 11.2. The van der Waals surface area contributed by atoms with Gasteiger partial charge in [-0.15, -0.1) is 0 Å². The lowest BCUT2D eigenvalue weighted by molar-refractivity contribution is 0.0963. The van der Waals surface area contributed by atoms with E-state index in [-0.39, 0.29) is 25.7 Å². The molecule has 9 heteroatoms. The molecule has 0 saturated carbocycles. The molecule has 7 nitrogen and oxygen atoms in total. The van der Waals surface area contributed by atoms with Gasteiger partial charge in [0.25, 0.3) is 5.91 Å². The highest BCUT2D eigenvalue weighted by Crippen LogP contribution is 2.35. The second-order valence-electron chi connectivity index (χ2n) is 8.12. The molecule has 37 heavy (non-hydrogen) atoms. The molecule has 0 spiro atoms.